The molecular formula is C14H19N3O4. The number of fused-ring (bicyclic) bond motifs is 1. The van der Waals surface area contributed by atoms with Gasteiger partial charge >= 0.3 is 0 Å². The zero-order chi connectivity index (χ0) is 15.2. The number of aliphatic hydroxyl groups is 1. The summed E-state index contributed by atoms with van der Waals surface area (Å²) in [5.74, 6) is 0.351. The minimum absolute atomic E-state index is 0.0191. The van der Waals surface area contributed by atoms with E-state index in [1.807, 2.05) is 0 Å². The molecule has 2 aromatic rings. The maximum Gasteiger partial charge on any atom is 0.295 e. The molecule has 0 bridgehead atoms. The van der Waals surface area contributed by atoms with Crippen molar-refractivity contribution in [2.75, 3.05) is 18.5 Å². The van der Waals surface area contributed by atoms with E-state index >= 15 is 0 Å². The predicted molar refractivity (Wildman–Crippen MR) is 79.3 cm³/mol. The zero-order valence-corrected chi connectivity index (χ0v) is 11.9. The van der Waals surface area contributed by atoms with E-state index in [4.69, 9.17) is 9.52 Å². The van der Waals surface area contributed by atoms with Gasteiger partial charge in [-0.1, -0.05) is 13.3 Å². The highest BCUT2D eigenvalue weighted by molar-refractivity contribution is 5.77. The maximum absolute atomic E-state index is 10.7. The molecule has 0 aliphatic rings. The molecule has 1 atom stereocenters. The molecule has 7 heteroatoms. The Morgan fingerprint density at radius 2 is 2.29 bits per heavy atom. The fourth-order valence-corrected chi connectivity index (χ4v) is 2.27. The van der Waals surface area contributed by atoms with E-state index in [0.29, 0.717) is 29.6 Å². The number of nitrogens with one attached hydrogen (secondary N) is 1. The zero-order valence-electron chi connectivity index (χ0n) is 11.9. The number of nitro benzene ring substituents is 1. The van der Waals surface area contributed by atoms with E-state index in [1.165, 1.54) is 12.1 Å². The Labute approximate surface area is 122 Å². The summed E-state index contributed by atoms with van der Waals surface area (Å²) < 4.78 is 5.48. The first kappa shape index (κ1) is 15.2. The van der Waals surface area contributed by atoms with Crippen molar-refractivity contribution in [3.05, 3.63) is 28.3 Å². The second-order valence-corrected chi connectivity index (χ2v) is 4.98. The van der Waals surface area contributed by atoms with Crippen LogP contribution in [0.25, 0.3) is 11.1 Å². The molecule has 1 aromatic carbocycles. The Balaban J connectivity index is 2.06. The number of oxazole rings is 1. The van der Waals surface area contributed by atoms with Crippen molar-refractivity contribution in [1.82, 2.24) is 4.98 Å². The van der Waals surface area contributed by atoms with Crippen LogP contribution in [-0.2, 0) is 0 Å². The summed E-state index contributed by atoms with van der Waals surface area (Å²) in [6, 6.07) is 4.69. The van der Waals surface area contributed by atoms with Gasteiger partial charge in [0.1, 0.15) is 5.52 Å². The molecule has 0 aliphatic heterocycles. The fourth-order valence-electron chi connectivity index (χ4n) is 2.27. The number of nitrogens with zero attached hydrogens (tertiary/aromatic N) is 2. The standard InChI is InChI=1S/C14H19N3O4/c1-2-3-10(6-7-18)9-15-14-16-12-5-4-11(17(19)20)8-13(12)21-14/h4-5,8,10,18H,2-3,6-7,9H2,1H3,(H,15,16). The molecule has 0 saturated heterocycles. The Kier molecular flexibility index (Phi) is 5.10. The van der Waals surface area contributed by atoms with Crippen molar-refractivity contribution in [2.24, 2.45) is 5.92 Å². The molecule has 114 valence electrons. The van der Waals surface area contributed by atoms with Crippen molar-refractivity contribution in [3.63, 3.8) is 0 Å². The number of hydrogen-bond acceptors (Lipinski definition) is 6. The minimum Gasteiger partial charge on any atom is -0.423 e. The molecule has 0 saturated carbocycles. The van der Waals surface area contributed by atoms with E-state index < -0.39 is 4.92 Å². The number of non-ortho nitro benzene ring substituents is 1. The first-order valence-corrected chi connectivity index (χ1v) is 7.03. The fraction of sp³-hybridized carbons (Fsp3) is 0.500. The second-order valence-electron chi connectivity index (χ2n) is 4.98. The first-order chi connectivity index (χ1) is 10.1. The molecule has 2 rings (SSSR count). The summed E-state index contributed by atoms with van der Waals surface area (Å²) in [5.41, 5.74) is 0.951. The molecule has 1 unspecified atom stereocenters. The number of aromatic nitrogens is 1. The highest BCUT2D eigenvalue weighted by Crippen LogP contribution is 2.24. The van der Waals surface area contributed by atoms with Crippen molar-refractivity contribution >= 4 is 22.8 Å². The third kappa shape index (κ3) is 3.91. The lowest BCUT2D eigenvalue weighted by Crippen LogP contribution is -2.15. The quantitative estimate of drug-likeness (QED) is 0.573. The smallest absolute Gasteiger partial charge is 0.295 e. The lowest BCUT2D eigenvalue weighted by Gasteiger charge is -2.14. The van der Waals surface area contributed by atoms with Gasteiger partial charge in [-0.2, -0.15) is 4.98 Å². The molecule has 21 heavy (non-hydrogen) atoms. The van der Waals surface area contributed by atoms with Crippen LogP contribution in [0.4, 0.5) is 11.7 Å². The molecule has 7 nitrogen and oxygen atoms in total. The highest BCUT2D eigenvalue weighted by Gasteiger charge is 2.13. The summed E-state index contributed by atoms with van der Waals surface area (Å²) in [5, 5.41) is 22.8. The van der Waals surface area contributed by atoms with E-state index in [2.05, 4.69) is 17.2 Å². The van der Waals surface area contributed by atoms with Gasteiger partial charge < -0.3 is 14.8 Å². The Hall–Kier alpha value is -2.15. The number of benzene rings is 1. The van der Waals surface area contributed by atoms with Gasteiger partial charge in [-0.05, 0) is 24.8 Å². The molecule has 2 N–H and O–H groups in total. The summed E-state index contributed by atoms with van der Waals surface area (Å²) in [7, 11) is 0. The van der Waals surface area contributed by atoms with Crippen LogP contribution in [-0.4, -0.2) is 28.2 Å². The van der Waals surface area contributed by atoms with Gasteiger partial charge in [0.25, 0.3) is 11.7 Å². The number of aliphatic hydroxyl groups excluding tert-OH is 1. The predicted octanol–water partition coefficient (Wildman–Crippen LogP) is 2.95. The van der Waals surface area contributed by atoms with E-state index in [9.17, 15) is 10.1 Å². The summed E-state index contributed by atoms with van der Waals surface area (Å²) in [6.45, 7) is 2.92. The third-order valence-corrected chi connectivity index (χ3v) is 3.36. The molecular weight excluding hydrogens is 274 g/mol. The van der Waals surface area contributed by atoms with Crippen LogP contribution in [0.1, 0.15) is 26.2 Å². The molecule has 0 radical (unpaired) electrons. The Bertz CT molecular complexity index is 605. The van der Waals surface area contributed by atoms with Crippen LogP contribution in [0, 0.1) is 16.0 Å². The van der Waals surface area contributed by atoms with E-state index in [0.717, 1.165) is 19.3 Å². The van der Waals surface area contributed by atoms with Crippen molar-refractivity contribution < 1.29 is 14.4 Å². The molecule has 0 fully saturated rings. The number of nitro groups is 1. The van der Waals surface area contributed by atoms with Gasteiger partial charge in [0.2, 0.25) is 0 Å². The average Bonchev–Trinajstić information content (AvgIpc) is 2.87. The van der Waals surface area contributed by atoms with Gasteiger partial charge in [-0.15, -0.1) is 0 Å². The highest BCUT2D eigenvalue weighted by atomic mass is 16.6. The summed E-state index contributed by atoms with van der Waals surface area (Å²) in [6.07, 6.45) is 2.79. The van der Waals surface area contributed by atoms with Gasteiger partial charge in [0, 0.05) is 19.2 Å². The van der Waals surface area contributed by atoms with Crippen LogP contribution >= 0.6 is 0 Å². The number of anilines is 1. The van der Waals surface area contributed by atoms with Crippen LogP contribution < -0.4 is 5.32 Å². The van der Waals surface area contributed by atoms with Crippen LogP contribution in [0.2, 0.25) is 0 Å². The second kappa shape index (κ2) is 7.03. The van der Waals surface area contributed by atoms with Gasteiger partial charge in [0.15, 0.2) is 5.58 Å². The minimum atomic E-state index is -0.465. The van der Waals surface area contributed by atoms with E-state index in [-0.39, 0.29) is 12.3 Å². The molecule has 0 spiro atoms. The average molecular weight is 293 g/mol. The number of hydrogen-bond donors (Lipinski definition) is 2. The lowest BCUT2D eigenvalue weighted by molar-refractivity contribution is -0.384. The maximum atomic E-state index is 10.7. The van der Waals surface area contributed by atoms with Gasteiger partial charge in [-0.3, -0.25) is 10.1 Å². The Morgan fingerprint density at radius 1 is 1.48 bits per heavy atom. The molecule has 1 heterocycles. The van der Waals surface area contributed by atoms with Crippen molar-refractivity contribution in [2.45, 2.75) is 26.2 Å². The Morgan fingerprint density at radius 3 is 2.95 bits per heavy atom. The first-order valence-electron chi connectivity index (χ1n) is 7.03. The number of rotatable bonds is 8. The van der Waals surface area contributed by atoms with Crippen molar-refractivity contribution in [1.29, 1.82) is 0 Å². The van der Waals surface area contributed by atoms with Crippen LogP contribution in [0.3, 0.4) is 0 Å². The van der Waals surface area contributed by atoms with Gasteiger partial charge in [0.05, 0.1) is 11.0 Å². The largest absolute Gasteiger partial charge is 0.423 e. The van der Waals surface area contributed by atoms with Crippen molar-refractivity contribution in [3.8, 4) is 0 Å². The third-order valence-electron chi connectivity index (χ3n) is 3.36. The van der Waals surface area contributed by atoms with E-state index in [1.54, 1.807) is 6.07 Å². The molecule has 0 amide bonds. The van der Waals surface area contributed by atoms with Crippen LogP contribution in [0.5, 0.6) is 0 Å². The molecule has 0 aliphatic carbocycles. The molecule has 1 aromatic heterocycles. The SMILES string of the molecule is CCCC(CCO)CNc1nc2ccc([N+](=O)[O-])cc2o1. The van der Waals surface area contributed by atoms with Gasteiger partial charge in [-0.25, -0.2) is 0 Å². The lowest BCUT2D eigenvalue weighted by atomic mass is 10.0. The normalized spacial score (nSPS) is 12.5. The summed E-state index contributed by atoms with van der Waals surface area (Å²) >= 11 is 0. The topological polar surface area (TPSA) is 101 Å². The summed E-state index contributed by atoms with van der Waals surface area (Å²) in [4.78, 5) is 14.5. The monoisotopic (exact) mass is 293 g/mol. The van der Waals surface area contributed by atoms with Crippen LogP contribution in [0.15, 0.2) is 22.6 Å².